The van der Waals surface area contributed by atoms with Gasteiger partial charge in [0.15, 0.2) is 0 Å². The lowest BCUT2D eigenvalue weighted by Gasteiger charge is -2.56. The summed E-state index contributed by atoms with van der Waals surface area (Å²) in [5, 5.41) is 2.98. The van der Waals surface area contributed by atoms with Crippen molar-refractivity contribution in [2.45, 2.75) is 141 Å². The highest BCUT2D eigenvalue weighted by Gasteiger charge is 2.51. The first-order chi connectivity index (χ1) is 18.8. The molecule has 5 rings (SSSR count). The van der Waals surface area contributed by atoms with Gasteiger partial charge in [0.1, 0.15) is 4.90 Å². The van der Waals surface area contributed by atoms with E-state index in [-0.39, 0.29) is 22.8 Å². The molecule has 39 heavy (non-hydrogen) atoms. The molecule has 4 saturated carbocycles. The summed E-state index contributed by atoms with van der Waals surface area (Å²) in [6, 6.07) is 5.11. The number of aryl methyl sites for hydroxylation is 1. The maximum absolute atomic E-state index is 13.2. The lowest BCUT2D eigenvalue weighted by molar-refractivity contribution is -0.124. The second-order valence-corrected chi connectivity index (χ2v) is 14.9. The molecule has 4 bridgehead atoms. The minimum absolute atomic E-state index is 0.0556. The first-order valence-electron chi connectivity index (χ1n) is 16.1. The standard InChI is InChI=1S/C33H53NO4S/c1-3-4-5-6-7-8-9-10-11-12-13-14-17-38-39(36,37)31-16-15-26(2)18-30(31)34-32(35)25-33-22-27-19-28(23-33)21-29(20-27)24-33/h15-16,18,27-29H,3-14,17,19-25H2,1-2H3,(H,34,35). The topological polar surface area (TPSA) is 72.5 Å². The van der Waals surface area contributed by atoms with Gasteiger partial charge in [-0.1, -0.05) is 83.6 Å². The second-order valence-electron chi connectivity index (χ2n) is 13.3. The summed E-state index contributed by atoms with van der Waals surface area (Å²) in [5.41, 5.74) is 1.40. The third-order valence-electron chi connectivity index (χ3n) is 9.62. The molecule has 0 atom stereocenters. The SMILES string of the molecule is CCCCCCCCCCCCCCOS(=O)(=O)c1ccc(C)cc1NC(=O)CC12CC3CC(CC(C3)C1)C2. The van der Waals surface area contributed by atoms with Crippen molar-refractivity contribution in [1.29, 1.82) is 0 Å². The molecule has 4 aliphatic rings. The number of unbranched alkanes of at least 4 members (excludes halogenated alkanes) is 11. The van der Waals surface area contributed by atoms with Crippen molar-refractivity contribution < 1.29 is 17.4 Å². The average molecular weight is 560 g/mol. The summed E-state index contributed by atoms with van der Waals surface area (Å²) >= 11 is 0. The van der Waals surface area contributed by atoms with Crippen LogP contribution in [0.2, 0.25) is 0 Å². The van der Waals surface area contributed by atoms with Crippen molar-refractivity contribution in [2.75, 3.05) is 11.9 Å². The Balaban J connectivity index is 1.19. The van der Waals surface area contributed by atoms with Gasteiger partial charge in [-0.25, -0.2) is 0 Å². The third-order valence-corrected chi connectivity index (χ3v) is 11.0. The fourth-order valence-electron chi connectivity index (χ4n) is 8.18. The Morgan fingerprint density at radius 2 is 1.36 bits per heavy atom. The molecule has 1 amide bonds. The van der Waals surface area contributed by atoms with Gasteiger partial charge in [0.25, 0.3) is 10.1 Å². The number of benzene rings is 1. The molecule has 4 fully saturated rings. The summed E-state index contributed by atoms with van der Waals surface area (Å²) in [7, 11) is -3.94. The molecule has 0 unspecified atom stereocenters. The Hall–Kier alpha value is -1.40. The molecule has 0 spiro atoms. The maximum Gasteiger partial charge on any atom is 0.299 e. The zero-order valence-electron chi connectivity index (χ0n) is 24.6. The largest absolute Gasteiger partial charge is 0.325 e. The number of carbonyl (C=O) groups is 1. The summed E-state index contributed by atoms with van der Waals surface area (Å²) in [6.45, 7) is 4.36. The first-order valence-corrected chi connectivity index (χ1v) is 17.5. The van der Waals surface area contributed by atoms with Gasteiger partial charge in [0, 0.05) is 6.42 Å². The molecular weight excluding hydrogens is 506 g/mol. The van der Waals surface area contributed by atoms with Crippen LogP contribution < -0.4 is 5.32 Å². The molecule has 4 aliphatic carbocycles. The van der Waals surface area contributed by atoms with Gasteiger partial charge in [0.05, 0.1) is 12.3 Å². The molecule has 0 radical (unpaired) electrons. The molecule has 0 aliphatic heterocycles. The first kappa shape index (κ1) is 30.6. The van der Waals surface area contributed by atoms with Crippen molar-refractivity contribution in [3.8, 4) is 0 Å². The van der Waals surface area contributed by atoms with Gasteiger partial charge in [-0.3, -0.25) is 8.98 Å². The second kappa shape index (κ2) is 14.5. The molecule has 0 heterocycles. The van der Waals surface area contributed by atoms with Crippen LogP contribution in [0.3, 0.4) is 0 Å². The van der Waals surface area contributed by atoms with Crippen LogP contribution in [-0.4, -0.2) is 20.9 Å². The Morgan fingerprint density at radius 1 is 0.846 bits per heavy atom. The highest BCUT2D eigenvalue weighted by Crippen LogP contribution is 2.61. The maximum atomic E-state index is 13.2. The van der Waals surface area contributed by atoms with Gasteiger partial charge < -0.3 is 5.32 Å². The fourth-order valence-corrected chi connectivity index (χ4v) is 9.25. The minimum Gasteiger partial charge on any atom is -0.325 e. The van der Waals surface area contributed by atoms with Crippen LogP contribution >= 0.6 is 0 Å². The number of hydrogen-bond acceptors (Lipinski definition) is 4. The van der Waals surface area contributed by atoms with Crippen molar-refractivity contribution in [1.82, 2.24) is 0 Å². The van der Waals surface area contributed by atoms with Crippen LogP contribution in [0.5, 0.6) is 0 Å². The molecule has 1 aromatic carbocycles. The van der Waals surface area contributed by atoms with E-state index in [0.29, 0.717) is 12.1 Å². The van der Waals surface area contributed by atoms with Gasteiger partial charge in [-0.15, -0.1) is 0 Å². The van der Waals surface area contributed by atoms with E-state index in [4.69, 9.17) is 4.18 Å². The normalized spacial score (nSPS) is 25.7. The van der Waals surface area contributed by atoms with Crippen LogP contribution in [-0.2, 0) is 19.1 Å². The van der Waals surface area contributed by atoms with Crippen molar-refractivity contribution >= 4 is 21.7 Å². The Morgan fingerprint density at radius 3 is 1.90 bits per heavy atom. The van der Waals surface area contributed by atoms with E-state index in [1.165, 1.54) is 77.0 Å². The van der Waals surface area contributed by atoms with Crippen LogP contribution in [0.1, 0.15) is 134 Å². The van der Waals surface area contributed by atoms with Gasteiger partial charge in [0.2, 0.25) is 5.91 Å². The number of nitrogens with one attached hydrogen (secondary N) is 1. The zero-order chi connectivity index (χ0) is 27.7. The Bertz CT molecular complexity index is 999. The van der Waals surface area contributed by atoms with Gasteiger partial charge in [-0.2, -0.15) is 8.42 Å². The highest BCUT2D eigenvalue weighted by molar-refractivity contribution is 7.87. The summed E-state index contributed by atoms with van der Waals surface area (Å²) in [4.78, 5) is 13.3. The number of hydrogen-bond donors (Lipinski definition) is 1. The number of anilines is 1. The molecule has 0 saturated heterocycles. The predicted molar refractivity (Wildman–Crippen MR) is 159 cm³/mol. The van der Waals surface area contributed by atoms with Crippen molar-refractivity contribution in [3.63, 3.8) is 0 Å². The highest BCUT2D eigenvalue weighted by atomic mass is 32.2. The summed E-state index contributed by atoms with van der Waals surface area (Å²) < 4.78 is 31.6. The van der Waals surface area contributed by atoms with E-state index in [0.717, 1.165) is 61.8 Å². The molecular formula is C33H53NO4S. The lowest BCUT2D eigenvalue weighted by Crippen LogP contribution is -2.47. The Labute approximate surface area is 238 Å². The monoisotopic (exact) mass is 559 g/mol. The van der Waals surface area contributed by atoms with Gasteiger partial charge in [-0.05, 0) is 92.7 Å². The third kappa shape index (κ3) is 9.05. The Kier molecular flexibility index (Phi) is 11.3. The van der Waals surface area contributed by atoms with Crippen LogP contribution in [0, 0.1) is 30.1 Å². The van der Waals surface area contributed by atoms with Crippen molar-refractivity contribution in [2.24, 2.45) is 23.2 Å². The van der Waals surface area contributed by atoms with E-state index in [9.17, 15) is 13.2 Å². The van der Waals surface area contributed by atoms with Crippen LogP contribution in [0.25, 0.3) is 0 Å². The van der Waals surface area contributed by atoms with Crippen LogP contribution in [0.15, 0.2) is 23.1 Å². The molecule has 1 aromatic rings. The average Bonchev–Trinajstić information content (AvgIpc) is 2.85. The van der Waals surface area contributed by atoms with E-state index >= 15 is 0 Å². The van der Waals surface area contributed by atoms with E-state index in [1.54, 1.807) is 18.2 Å². The van der Waals surface area contributed by atoms with E-state index in [2.05, 4.69) is 12.2 Å². The van der Waals surface area contributed by atoms with E-state index in [1.807, 2.05) is 6.92 Å². The van der Waals surface area contributed by atoms with Crippen molar-refractivity contribution in [3.05, 3.63) is 23.8 Å². The summed E-state index contributed by atoms with van der Waals surface area (Å²) in [5.74, 6) is 2.30. The lowest BCUT2D eigenvalue weighted by atomic mass is 9.49. The predicted octanol–water partition coefficient (Wildman–Crippen LogP) is 8.95. The summed E-state index contributed by atoms with van der Waals surface area (Å²) in [6.07, 6.45) is 22.7. The smallest absolute Gasteiger partial charge is 0.299 e. The number of rotatable bonds is 18. The minimum atomic E-state index is -3.94. The zero-order valence-corrected chi connectivity index (χ0v) is 25.5. The molecule has 6 heteroatoms. The fraction of sp³-hybridized carbons (Fsp3) is 0.788. The number of carbonyl (C=O) groups excluding carboxylic acids is 1. The van der Waals surface area contributed by atoms with E-state index < -0.39 is 10.1 Å². The van der Waals surface area contributed by atoms with Crippen LogP contribution in [0.4, 0.5) is 5.69 Å². The molecule has 5 nitrogen and oxygen atoms in total. The van der Waals surface area contributed by atoms with Gasteiger partial charge >= 0.3 is 0 Å². The molecule has 220 valence electrons. The molecule has 1 N–H and O–H groups in total. The number of amides is 1. The quantitative estimate of drug-likeness (QED) is 0.144. The molecule has 0 aromatic heterocycles.